The summed E-state index contributed by atoms with van der Waals surface area (Å²) in [7, 11) is 1.99. The third kappa shape index (κ3) is 2.34. The van der Waals surface area contributed by atoms with Crippen LogP contribution in [0.3, 0.4) is 0 Å². The van der Waals surface area contributed by atoms with Crippen molar-refractivity contribution in [2.24, 2.45) is 5.92 Å². The molecular weight excluding hydrogens is 224 g/mol. The van der Waals surface area contributed by atoms with E-state index in [4.69, 9.17) is 4.42 Å². The Bertz CT molecular complexity index is 388. The van der Waals surface area contributed by atoms with Gasteiger partial charge in [-0.15, -0.1) is 0 Å². The highest BCUT2D eigenvalue weighted by Crippen LogP contribution is 2.37. The number of fused-ring (bicyclic) bond motifs is 1. The van der Waals surface area contributed by atoms with Crippen molar-refractivity contribution >= 4 is 0 Å². The zero-order valence-corrected chi connectivity index (χ0v) is 11.3. The minimum Gasteiger partial charge on any atom is -0.468 e. The Morgan fingerprint density at radius 3 is 3.11 bits per heavy atom. The SMILES string of the molecule is CNCc1ccoc1CN1CCC2CCCCC21. The molecule has 2 unspecified atom stereocenters. The molecule has 1 saturated carbocycles. The van der Waals surface area contributed by atoms with E-state index in [1.807, 2.05) is 13.3 Å². The molecule has 1 saturated heterocycles. The molecule has 1 aromatic heterocycles. The smallest absolute Gasteiger partial charge is 0.122 e. The van der Waals surface area contributed by atoms with Gasteiger partial charge in [0.2, 0.25) is 0 Å². The molecule has 3 rings (SSSR count). The van der Waals surface area contributed by atoms with Crippen LogP contribution >= 0.6 is 0 Å². The van der Waals surface area contributed by atoms with Crippen LogP contribution in [0.1, 0.15) is 43.4 Å². The second-order valence-corrected chi connectivity index (χ2v) is 5.77. The van der Waals surface area contributed by atoms with Crippen molar-refractivity contribution in [3.8, 4) is 0 Å². The predicted molar refractivity (Wildman–Crippen MR) is 72.2 cm³/mol. The zero-order chi connectivity index (χ0) is 12.4. The maximum Gasteiger partial charge on any atom is 0.122 e. The number of likely N-dealkylation sites (tertiary alicyclic amines) is 1. The normalized spacial score (nSPS) is 28.5. The average molecular weight is 248 g/mol. The Balaban J connectivity index is 1.67. The lowest BCUT2D eigenvalue weighted by Gasteiger charge is -2.31. The molecule has 0 bridgehead atoms. The van der Waals surface area contributed by atoms with Crippen LogP contribution in [0, 0.1) is 5.92 Å². The summed E-state index contributed by atoms with van der Waals surface area (Å²) in [5, 5.41) is 3.21. The van der Waals surface area contributed by atoms with Crippen molar-refractivity contribution in [2.75, 3.05) is 13.6 Å². The molecule has 1 aliphatic carbocycles. The lowest BCUT2D eigenvalue weighted by Crippen LogP contribution is -2.34. The monoisotopic (exact) mass is 248 g/mol. The molecule has 2 aliphatic rings. The average Bonchev–Trinajstić information content (AvgIpc) is 2.99. The van der Waals surface area contributed by atoms with Crippen LogP contribution in [-0.2, 0) is 13.1 Å². The Labute approximate surface area is 110 Å². The van der Waals surface area contributed by atoms with Gasteiger partial charge in [0.05, 0.1) is 12.8 Å². The van der Waals surface area contributed by atoms with Gasteiger partial charge in [0.25, 0.3) is 0 Å². The molecule has 0 amide bonds. The first-order chi connectivity index (χ1) is 8.88. The molecule has 3 heteroatoms. The number of furan rings is 1. The maximum atomic E-state index is 5.68. The molecule has 1 N–H and O–H groups in total. The van der Waals surface area contributed by atoms with Gasteiger partial charge >= 0.3 is 0 Å². The van der Waals surface area contributed by atoms with Crippen LogP contribution in [0.25, 0.3) is 0 Å². The number of hydrogen-bond acceptors (Lipinski definition) is 3. The van der Waals surface area contributed by atoms with E-state index < -0.39 is 0 Å². The molecule has 0 aromatic carbocycles. The van der Waals surface area contributed by atoms with E-state index in [-0.39, 0.29) is 0 Å². The van der Waals surface area contributed by atoms with Crippen molar-refractivity contribution < 1.29 is 4.42 Å². The molecule has 1 aromatic rings. The van der Waals surface area contributed by atoms with Crippen LogP contribution in [0.4, 0.5) is 0 Å². The standard InChI is InChI=1S/C15H24N2O/c1-16-10-13-7-9-18-15(13)11-17-8-6-12-4-2-3-5-14(12)17/h7,9,12,14,16H,2-6,8,10-11H2,1H3. The first-order valence-corrected chi connectivity index (χ1v) is 7.32. The Hall–Kier alpha value is -0.800. The van der Waals surface area contributed by atoms with Crippen molar-refractivity contribution in [1.82, 2.24) is 10.2 Å². The second kappa shape index (κ2) is 5.45. The van der Waals surface area contributed by atoms with E-state index in [0.717, 1.165) is 30.8 Å². The van der Waals surface area contributed by atoms with Gasteiger partial charge in [-0.25, -0.2) is 0 Å². The van der Waals surface area contributed by atoms with E-state index in [0.29, 0.717) is 0 Å². The van der Waals surface area contributed by atoms with Crippen LogP contribution in [0.5, 0.6) is 0 Å². The van der Waals surface area contributed by atoms with Crippen LogP contribution in [0.2, 0.25) is 0 Å². The number of nitrogens with one attached hydrogen (secondary N) is 1. The topological polar surface area (TPSA) is 28.4 Å². The quantitative estimate of drug-likeness (QED) is 0.888. The van der Waals surface area contributed by atoms with E-state index in [1.165, 1.54) is 44.2 Å². The minimum absolute atomic E-state index is 0.825. The van der Waals surface area contributed by atoms with E-state index in [9.17, 15) is 0 Å². The molecule has 0 radical (unpaired) electrons. The van der Waals surface area contributed by atoms with E-state index in [2.05, 4.69) is 16.3 Å². The molecule has 18 heavy (non-hydrogen) atoms. The highest BCUT2D eigenvalue weighted by molar-refractivity contribution is 5.17. The molecule has 2 heterocycles. The Kier molecular flexibility index (Phi) is 3.71. The van der Waals surface area contributed by atoms with E-state index >= 15 is 0 Å². The summed E-state index contributed by atoms with van der Waals surface area (Å²) in [6.07, 6.45) is 8.93. The number of rotatable bonds is 4. The highest BCUT2D eigenvalue weighted by atomic mass is 16.3. The molecule has 0 spiro atoms. The fourth-order valence-corrected chi connectivity index (χ4v) is 3.74. The van der Waals surface area contributed by atoms with E-state index in [1.54, 1.807) is 0 Å². The molecule has 2 fully saturated rings. The molecule has 100 valence electrons. The van der Waals surface area contributed by atoms with Gasteiger partial charge in [-0.3, -0.25) is 4.90 Å². The summed E-state index contributed by atoms with van der Waals surface area (Å²) in [5.74, 6) is 2.12. The third-order valence-electron chi connectivity index (χ3n) is 4.68. The van der Waals surface area contributed by atoms with Crippen molar-refractivity contribution in [2.45, 2.75) is 51.2 Å². The van der Waals surface area contributed by atoms with Gasteiger partial charge in [0.1, 0.15) is 5.76 Å². The van der Waals surface area contributed by atoms with Crippen molar-refractivity contribution in [3.63, 3.8) is 0 Å². The third-order valence-corrected chi connectivity index (χ3v) is 4.68. The highest BCUT2D eigenvalue weighted by Gasteiger charge is 2.35. The van der Waals surface area contributed by atoms with Crippen molar-refractivity contribution in [1.29, 1.82) is 0 Å². The minimum atomic E-state index is 0.825. The first-order valence-electron chi connectivity index (χ1n) is 7.32. The summed E-state index contributed by atoms with van der Waals surface area (Å²) in [4.78, 5) is 2.65. The fraction of sp³-hybridized carbons (Fsp3) is 0.733. The summed E-state index contributed by atoms with van der Waals surface area (Å²) >= 11 is 0. The zero-order valence-electron chi connectivity index (χ0n) is 11.3. The molecule has 1 aliphatic heterocycles. The molecule has 3 nitrogen and oxygen atoms in total. The summed E-state index contributed by atoms with van der Waals surface area (Å²) < 4.78 is 5.68. The summed E-state index contributed by atoms with van der Waals surface area (Å²) in [5.41, 5.74) is 1.32. The van der Waals surface area contributed by atoms with Crippen LogP contribution < -0.4 is 5.32 Å². The van der Waals surface area contributed by atoms with Crippen molar-refractivity contribution in [3.05, 3.63) is 23.7 Å². The molecule has 2 atom stereocenters. The Morgan fingerprint density at radius 2 is 2.22 bits per heavy atom. The summed E-state index contributed by atoms with van der Waals surface area (Å²) in [6.45, 7) is 3.17. The van der Waals surface area contributed by atoms with Crippen LogP contribution in [0.15, 0.2) is 16.7 Å². The lowest BCUT2D eigenvalue weighted by molar-refractivity contribution is 0.165. The maximum absolute atomic E-state index is 5.68. The Morgan fingerprint density at radius 1 is 1.33 bits per heavy atom. The van der Waals surface area contributed by atoms with Gasteiger partial charge in [0, 0.05) is 18.2 Å². The number of nitrogens with zero attached hydrogens (tertiary/aromatic N) is 1. The largest absolute Gasteiger partial charge is 0.468 e. The second-order valence-electron chi connectivity index (χ2n) is 5.77. The summed E-state index contributed by atoms with van der Waals surface area (Å²) in [6, 6.07) is 2.92. The fourth-order valence-electron chi connectivity index (χ4n) is 3.74. The van der Waals surface area contributed by atoms with Gasteiger partial charge in [0.15, 0.2) is 0 Å². The number of hydrogen-bond donors (Lipinski definition) is 1. The van der Waals surface area contributed by atoms with Gasteiger partial charge < -0.3 is 9.73 Å². The lowest BCUT2D eigenvalue weighted by atomic mass is 9.85. The first kappa shape index (κ1) is 12.2. The molecular formula is C15H24N2O. The van der Waals surface area contributed by atoms with Gasteiger partial charge in [-0.1, -0.05) is 12.8 Å². The predicted octanol–water partition coefficient (Wildman–Crippen LogP) is 2.76. The van der Waals surface area contributed by atoms with Crippen LogP contribution in [-0.4, -0.2) is 24.5 Å². The van der Waals surface area contributed by atoms with Gasteiger partial charge in [-0.2, -0.15) is 0 Å². The van der Waals surface area contributed by atoms with Gasteiger partial charge in [-0.05, 0) is 44.8 Å².